The topological polar surface area (TPSA) is 116 Å². The Morgan fingerprint density at radius 1 is 1.25 bits per heavy atom. The molecule has 0 unspecified atom stereocenters. The Morgan fingerprint density at radius 3 is 2.61 bits per heavy atom. The zero-order chi connectivity index (χ0) is 19.7. The number of hydrogen-bond acceptors (Lipinski definition) is 5. The minimum atomic E-state index is -0.455. The summed E-state index contributed by atoms with van der Waals surface area (Å²) in [5.74, 6) is 0.901. The van der Waals surface area contributed by atoms with E-state index in [1.54, 1.807) is 0 Å². The number of carbonyl (C=O) groups excluding carboxylic acids is 1. The molecule has 2 heterocycles. The van der Waals surface area contributed by atoms with Crippen LogP contribution in [0.15, 0.2) is 24.3 Å². The third kappa shape index (κ3) is 4.30. The Hall–Kier alpha value is -2.14. The van der Waals surface area contributed by atoms with Gasteiger partial charge in [0.2, 0.25) is 0 Å². The number of benzene rings is 1. The number of anilines is 2. The van der Waals surface area contributed by atoms with Gasteiger partial charge in [0.1, 0.15) is 6.54 Å². The van der Waals surface area contributed by atoms with E-state index in [4.69, 9.17) is 23.1 Å². The fraction of sp³-hybridized carbons (Fsp3) is 0.333. The number of amides is 1. The van der Waals surface area contributed by atoms with Gasteiger partial charge < -0.3 is 40.8 Å². The summed E-state index contributed by atoms with van der Waals surface area (Å²) < 4.78 is 4.29. The molecule has 1 aromatic carbocycles. The minimum absolute atomic E-state index is 0. The number of nitrogens with zero attached hydrogens (tertiary/aromatic N) is 4. The predicted octanol–water partition coefficient (Wildman–Crippen LogP) is -1.34. The monoisotopic (exact) mass is 515 g/mol. The number of fused-ring (bicyclic) bond motifs is 1. The molecule has 3 rings (SSSR count). The molecule has 0 fully saturated rings. The molecule has 0 atom stereocenters. The zero-order valence-electron chi connectivity index (χ0n) is 15.9. The van der Waals surface area contributed by atoms with E-state index >= 15 is 0 Å². The van der Waals surface area contributed by atoms with Crippen molar-refractivity contribution in [2.24, 2.45) is 13.0 Å². The highest BCUT2D eigenvalue weighted by Crippen LogP contribution is 2.18. The highest BCUT2D eigenvalue weighted by Gasteiger charge is 2.24. The SMILES string of the molecule is CC(C)Cn1c(CNC(=O)c2nc(Cl)c(N)nc2N)[n+](C)c2ccccc21.[I-]. The van der Waals surface area contributed by atoms with E-state index in [-0.39, 0.29) is 46.5 Å². The average molecular weight is 516 g/mol. The molecule has 150 valence electrons. The van der Waals surface area contributed by atoms with Crippen molar-refractivity contribution < 1.29 is 33.3 Å². The maximum atomic E-state index is 12.6. The van der Waals surface area contributed by atoms with Crippen LogP contribution in [0.1, 0.15) is 30.2 Å². The molecule has 2 aromatic heterocycles. The molecule has 8 nitrogen and oxygen atoms in total. The summed E-state index contributed by atoms with van der Waals surface area (Å²) in [5, 5.41) is 2.81. The Balaban J connectivity index is 0.00000280. The van der Waals surface area contributed by atoms with E-state index in [1.807, 2.05) is 19.2 Å². The molecule has 28 heavy (non-hydrogen) atoms. The molecule has 5 N–H and O–H groups in total. The summed E-state index contributed by atoms with van der Waals surface area (Å²) in [7, 11) is 1.98. The number of nitrogens with one attached hydrogen (secondary N) is 1. The van der Waals surface area contributed by atoms with Crippen molar-refractivity contribution in [2.75, 3.05) is 11.5 Å². The van der Waals surface area contributed by atoms with Crippen LogP contribution in [0.3, 0.4) is 0 Å². The van der Waals surface area contributed by atoms with Crippen LogP contribution in [0.25, 0.3) is 11.0 Å². The van der Waals surface area contributed by atoms with Crippen LogP contribution in [0.5, 0.6) is 0 Å². The predicted molar refractivity (Wildman–Crippen MR) is 105 cm³/mol. The number of aromatic nitrogens is 4. The van der Waals surface area contributed by atoms with Gasteiger partial charge in [-0.25, -0.2) is 19.1 Å². The second kappa shape index (κ2) is 8.91. The molecule has 3 aromatic rings. The lowest BCUT2D eigenvalue weighted by Crippen LogP contribution is -3.00. The summed E-state index contributed by atoms with van der Waals surface area (Å²) in [6.07, 6.45) is 0. The summed E-state index contributed by atoms with van der Waals surface area (Å²) in [5.41, 5.74) is 13.5. The van der Waals surface area contributed by atoms with Gasteiger partial charge in [0.25, 0.3) is 11.7 Å². The highest BCUT2D eigenvalue weighted by atomic mass is 127. The van der Waals surface area contributed by atoms with Gasteiger partial charge in [0.05, 0.1) is 13.6 Å². The smallest absolute Gasteiger partial charge is 0.276 e. The fourth-order valence-electron chi connectivity index (χ4n) is 3.07. The van der Waals surface area contributed by atoms with Crippen LogP contribution in [-0.4, -0.2) is 20.4 Å². The lowest BCUT2D eigenvalue weighted by Gasteiger charge is -2.09. The number of imidazole rings is 1. The first kappa shape index (κ1) is 22.2. The number of carbonyl (C=O) groups is 1. The summed E-state index contributed by atoms with van der Waals surface area (Å²) in [4.78, 5) is 20.3. The van der Waals surface area contributed by atoms with Gasteiger partial charge in [-0.3, -0.25) is 4.79 Å². The van der Waals surface area contributed by atoms with Crippen molar-refractivity contribution in [1.82, 2.24) is 19.9 Å². The maximum Gasteiger partial charge on any atom is 0.276 e. The lowest BCUT2D eigenvalue weighted by atomic mass is 10.2. The summed E-state index contributed by atoms with van der Waals surface area (Å²) in [6, 6.07) is 8.14. The van der Waals surface area contributed by atoms with Crippen LogP contribution in [0.2, 0.25) is 5.15 Å². The van der Waals surface area contributed by atoms with Crippen molar-refractivity contribution in [3.63, 3.8) is 0 Å². The summed E-state index contributed by atoms with van der Waals surface area (Å²) in [6.45, 7) is 5.45. The van der Waals surface area contributed by atoms with Gasteiger partial charge in [0, 0.05) is 0 Å². The maximum absolute atomic E-state index is 12.6. The first-order valence-corrected chi connectivity index (χ1v) is 9.00. The molecular weight excluding hydrogens is 493 g/mol. The fourth-order valence-corrected chi connectivity index (χ4v) is 3.20. The molecule has 10 heteroatoms. The van der Waals surface area contributed by atoms with Crippen molar-refractivity contribution >= 4 is 40.2 Å². The Morgan fingerprint density at radius 2 is 1.93 bits per heavy atom. The van der Waals surface area contributed by atoms with Gasteiger partial charge in [-0.1, -0.05) is 37.6 Å². The van der Waals surface area contributed by atoms with E-state index < -0.39 is 5.91 Å². The third-order valence-corrected chi connectivity index (χ3v) is 4.59. The molecule has 1 amide bonds. The lowest BCUT2D eigenvalue weighted by molar-refractivity contribution is -0.654. The minimum Gasteiger partial charge on any atom is -1.00 e. The summed E-state index contributed by atoms with van der Waals surface area (Å²) >= 11 is 5.87. The molecule has 0 radical (unpaired) electrons. The Bertz CT molecular complexity index is 1020. The van der Waals surface area contributed by atoms with Crippen molar-refractivity contribution in [3.05, 3.63) is 40.9 Å². The van der Waals surface area contributed by atoms with Crippen LogP contribution < -0.4 is 45.3 Å². The molecule has 0 aliphatic carbocycles. The Labute approximate surface area is 185 Å². The van der Waals surface area contributed by atoms with Crippen molar-refractivity contribution in [3.8, 4) is 0 Å². The van der Waals surface area contributed by atoms with Gasteiger partial charge in [-0.15, -0.1) is 0 Å². The van der Waals surface area contributed by atoms with Gasteiger partial charge >= 0.3 is 0 Å². The van der Waals surface area contributed by atoms with E-state index in [0.29, 0.717) is 12.5 Å². The molecule has 0 spiro atoms. The van der Waals surface area contributed by atoms with Crippen LogP contribution in [-0.2, 0) is 20.1 Å². The van der Waals surface area contributed by atoms with Crippen LogP contribution in [0.4, 0.5) is 11.6 Å². The molecule has 0 saturated heterocycles. The number of halogens is 2. The van der Waals surface area contributed by atoms with Crippen molar-refractivity contribution in [2.45, 2.75) is 26.9 Å². The number of hydrogen-bond donors (Lipinski definition) is 3. The van der Waals surface area contributed by atoms with E-state index in [1.165, 1.54) is 0 Å². The second-order valence-electron chi connectivity index (χ2n) is 6.78. The van der Waals surface area contributed by atoms with Gasteiger partial charge in [0.15, 0.2) is 33.5 Å². The molecule has 0 aliphatic rings. The van der Waals surface area contributed by atoms with Crippen LogP contribution >= 0.6 is 11.6 Å². The Kier molecular flexibility index (Phi) is 7.05. The quantitative estimate of drug-likeness (QED) is 0.288. The third-order valence-electron chi connectivity index (χ3n) is 4.31. The van der Waals surface area contributed by atoms with Gasteiger partial charge in [-0.2, -0.15) is 0 Å². The number of nitrogens with two attached hydrogens (primary N) is 2. The zero-order valence-corrected chi connectivity index (χ0v) is 18.8. The van der Waals surface area contributed by atoms with Gasteiger partial charge in [-0.05, 0) is 18.1 Å². The molecule has 0 saturated carbocycles. The normalized spacial score (nSPS) is 10.9. The number of para-hydroxylation sites is 2. The number of rotatable bonds is 5. The first-order chi connectivity index (χ1) is 12.8. The first-order valence-electron chi connectivity index (χ1n) is 8.62. The highest BCUT2D eigenvalue weighted by molar-refractivity contribution is 6.31. The largest absolute Gasteiger partial charge is 1.00 e. The number of nitrogen functional groups attached to an aromatic ring is 2. The molecular formula is C18H23ClIN7O. The van der Waals surface area contributed by atoms with E-state index in [0.717, 1.165) is 23.4 Å². The van der Waals surface area contributed by atoms with Crippen molar-refractivity contribution in [1.29, 1.82) is 0 Å². The van der Waals surface area contributed by atoms with E-state index in [9.17, 15) is 4.79 Å². The average Bonchev–Trinajstić information content (AvgIpc) is 2.88. The standard InChI is InChI=1S/C18H22ClN7O.HI/c1-10(2)9-26-12-7-5-4-6-11(12)25(3)13(26)8-22-18(27)14-16(20)24-17(21)15(19)23-14;/h4-7,10H,8-9H2,1-3H3,(H4-,20,21,22,24,27);1H. The van der Waals surface area contributed by atoms with E-state index in [2.05, 4.69) is 50.4 Å². The van der Waals surface area contributed by atoms with Crippen LogP contribution in [0, 0.1) is 5.92 Å². The number of aryl methyl sites for hydroxylation is 1. The molecule has 0 bridgehead atoms. The molecule has 0 aliphatic heterocycles. The second-order valence-corrected chi connectivity index (χ2v) is 7.14.